The molecule has 8 heteroatoms. The summed E-state index contributed by atoms with van der Waals surface area (Å²) in [4.78, 5) is 23.7. The number of rotatable bonds is 8. The van der Waals surface area contributed by atoms with Gasteiger partial charge < -0.3 is 20.3 Å². The van der Waals surface area contributed by atoms with Crippen molar-refractivity contribution in [3.8, 4) is 5.75 Å². The Morgan fingerprint density at radius 1 is 1.31 bits per heavy atom. The summed E-state index contributed by atoms with van der Waals surface area (Å²) in [6.07, 6.45) is 3.94. The van der Waals surface area contributed by atoms with Crippen LogP contribution < -0.4 is 15.5 Å². The number of aryl methyl sites for hydroxylation is 1. The van der Waals surface area contributed by atoms with Gasteiger partial charge in [-0.05, 0) is 48.9 Å². The van der Waals surface area contributed by atoms with Gasteiger partial charge in [0.15, 0.2) is 0 Å². The number of nitrogens with one attached hydrogen (secondary N) is 1. The van der Waals surface area contributed by atoms with Gasteiger partial charge in [-0.2, -0.15) is 5.01 Å². The number of furan rings is 1. The first kappa shape index (κ1) is 19.6. The molecule has 0 spiro atoms. The fourth-order valence-electron chi connectivity index (χ4n) is 2.83. The molecule has 3 rings (SSSR count). The highest BCUT2D eigenvalue weighted by Crippen LogP contribution is 2.39. The Hall–Kier alpha value is -4.20. The van der Waals surface area contributed by atoms with E-state index in [1.807, 2.05) is 13.0 Å². The van der Waals surface area contributed by atoms with Crippen molar-refractivity contribution >= 4 is 34.5 Å². The number of ether oxygens (including phenoxy) is 1. The highest BCUT2D eigenvalue weighted by molar-refractivity contribution is 6.07. The number of carbonyl (C=O) groups is 1. The second-order valence-corrected chi connectivity index (χ2v) is 6.08. The van der Waals surface area contributed by atoms with E-state index in [0.29, 0.717) is 28.2 Å². The maximum atomic E-state index is 11.9. The monoisotopic (exact) mass is 390 g/mol. The minimum Gasteiger partial charge on any atom is -0.457 e. The highest BCUT2D eigenvalue weighted by atomic mass is 16.5. The number of nitrogens with two attached hydrogens (primary N) is 1. The van der Waals surface area contributed by atoms with E-state index < -0.39 is 5.91 Å². The lowest BCUT2D eigenvalue weighted by Gasteiger charge is -2.16. The molecular formula is C21H18N4O4. The van der Waals surface area contributed by atoms with Crippen LogP contribution in [0, 0.1) is 17.2 Å². The molecule has 2 aromatic carbocycles. The number of benzene rings is 2. The molecule has 0 saturated heterocycles. The number of amides is 1. The van der Waals surface area contributed by atoms with Crippen LogP contribution in [0.4, 0.5) is 11.4 Å². The zero-order chi connectivity index (χ0) is 21.0. The van der Waals surface area contributed by atoms with E-state index in [-0.39, 0.29) is 11.4 Å². The van der Waals surface area contributed by atoms with Crippen molar-refractivity contribution in [1.82, 2.24) is 0 Å². The van der Waals surface area contributed by atoms with E-state index in [9.17, 15) is 9.70 Å². The summed E-state index contributed by atoms with van der Waals surface area (Å²) in [6.45, 7) is 5.50. The summed E-state index contributed by atoms with van der Waals surface area (Å²) < 4.78 is 11.2. The van der Waals surface area contributed by atoms with E-state index in [1.54, 1.807) is 36.4 Å². The number of nitrogens with zero attached hydrogens (tertiary/aromatic N) is 2. The molecule has 0 atom stereocenters. The van der Waals surface area contributed by atoms with Crippen LogP contribution in [0.3, 0.4) is 0 Å². The molecule has 0 aliphatic carbocycles. The quantitative estimate of drug-likeness (QED) is 0.189. The number of hydrogen-bond acceptors (Lipinski definition) is 6. The van der Waals surface area contributed by atoms with E-state index in [2.05, 4.69) is 11.9 Å². The SMILES string of the molecule is C=C/C(=C\C=N)Oc1cccc(N(N=O)c2c(C(N)=O)oc3cc(C)ccc23)c1. The van der Waals surface area contributed by atoms with E-state index in [0.717, 1.165) is 16.8 Å². The summed E-state index contributed by atoms with van der Waals surface area (Å²) in [5.74, 6) is -0.261. The number of primary amides is 1. The van der Waals surface area contributed by atoms with Gasteiger partial charge in [-0.25, -0.2) is 0 Å². The van der Waals surface area contributed by atoms with E-state index >= 15 is 0 Å². The maximum absolute atomic E-state index is 11.9. The van der Waals surface area contributed by atoms with Crippen LogP contribution >= 0.6 is 0 Å². The number of carbonyl (C=O) groups excluding carboxylic acids is 1. The van der Waals surface area contributed by atoms with Crippen LogP contribution in [0.15, 0.2) is 76.7 Å². The Balaban J connectivity index is 2.12. The van der Waals surface area contributed by atoms with E-state index in [4.69, 9.17) is 20.3 Å². The lowest BCUT2D eigenvalue weighted by Crippen LogP contribution is -2.16. The topological polar surface area (TPSA) is 122 Å². The first-order chi connectivity index (χ1) is 14.0. The average Bonchev–Trinajstić information content (AvgIpc) is 3.07. The lowest BCUT2D eigenvalue weighted by atomic mass is 10.1. The molecule has 0 saturated carbocycles. The minimum atomic E-state index is -0.822. The van der Waals surface area contributed by atoms with E-state index in [1.165, 1.54) is 12.2 Å². The van der Waals surface area contributed by atoms with Crippen LogP contribution in [0.1, 0.15) is 16.1 Å². The molecule has 3 aromatic rings. The molecule has 1 amide bonds. The number of allylic oxidation sites excluding steroid dienone is 2. The molecule has 0 aliphatic rings. The molecular weight excluding hydrogens is 372 g/mol. The summed E-state index contributed by atoms with van der Waals surface area (Å²) in [5, 5.41) is 11.8. The number of fused-ring (bicyclic) bond motifs is 1. The number of nitroso groups, excluding NO2 is 1. The third-order valence-corrected chi connectivity index (χ3v) is 4.08. The van der Waals surface area contributed by atoms with Gasteiger partial charge in [0.1, 0.15) is 22.8 Å². The van der Waals surface area contributed by atoms with Crippen LogP contribution in [-0.4, -0.2) is 12.1 Å². The Labute approximate surface area is 166 Å². The van der Waals surface area contributed by atoms with Crippen LogP contribution in [0.25, 0.3) is 11.0 Å². The molecule has 1 heterocycles. The van der Waals surface area contributed by atoms with Crippen LogP contribution in [0.2, 0.25) is 0 Å². The van der Waals surface area contributed by atoms with Gasteiger partial charge in [0.05, 0.1) is 11.0 Å². The zero-order valence-electron chi connectivity index (χ0n) is 15.6. The third kappa shape index (κ3) is 3.91. The number of hydrogen-bond donors (Lipinski definition) is 2. The van der Waals surface area contributed by atoms with Gasteiger partial charge in [0.2, 0.25) is 5.76 Å². The predicted octanol–water partition coefficient (Wildman–Crippen LogP) is 4.76. The van der Waals surface area contributed by atoms with Gasteiger partial charge in [-0.3, -0.25) is 4.79 Å². The summed E-state index contributed by atoms with van der Waals surface area (Å²) in [5.41, 5.74) is 7.29. The summed E-state index contributed by atoms with van der Waals surface area (Å²) in [6, 6.07) is 11.8. The van der Waals surface area contributed by atoms with Gasteiger partial charge in [-0.1, -0.05) is 18.7 Å². The van der Waals surface area contributed by atoms with Gasteiger partial charge in [0.25, 0.3) is 5.91 Å². The largest absolute Gasteiger partial charge is 0.457 e. The molecule has 0 aliphatic heterocycles. The average molecular weight is 390 g/mol. The normalized spacial score (nSPS) is 11.1. The third-order valence-electron chi connectivity index (χ3n) is 4.08. The van der Waals surface area contributed by atoms with Crippen molar-refractivity contribution in [2.45, 2.75) is 6.92 Å². The maximum Gasteiger partial charge on any atom is 0.286 e. The van der Waals surface area contributed by atoms with Crippen LogP contribution in [-0.2, 0) is 0 Å². The first-order valence-electron chi connectivity index (χ1n) is 8.56. The standard InChI is InChI=1S/C21H18N4O4/c1-3-15(9-10-22)28-16-6-4-5-14(12-16)25(24-27)19-17-8-7-13(2)11-18(17)29-20(19)21(23)26/h3-12,22H,1H2,2H3,(H2,23,26)/b15-9+,22-10?. The molecule has 146 valence electrons. The molecule has 0 fully saturated rings. The molecule has 29 heavy (non-hydrogen) atoms. The predicted molar refractivity (Wildman–Crippen MR) is 112 cm³/mol. The van der Waals surface area contributed by atoms with Gasteiger partial charge in [-0.15, -0.1) is 4.91 Å². The Morgan fingerprint density at radius 3 is 2.76 bits per heavy atom. The van der Waals surface area contributed by atoms with Crippen LogP contribution in [0.5, 0.6) is 5.75 Å². The molecule has 8 nitrogen and oxygen atoms in total. The first-order valence-corrected chi connectivity index (χ1v) is 8.56. The Kier molecular flexibility index (Phi) is 5.54. The fourth-order valence-corrected chi connectivity index (χ4v) is 2.83. The molecule has 0 bridgehead atoms. The second-order valence-electron chi connectivity index (χ2n) is 6.08. The van der Waals surface area contributed by atoms with Crippen molar-refractivity contribution in [3.05, 3.63) is 83.2 Å². The fraction of sp³-hybridized carbons (Fsp3) is 0.0476. The van der Waals surface area contributed by atoms with Crippen molar-refractivity contribution < 1.29 is 13.9 Å². The van der Waals surface area contributed by atoms with Crippen molar-refractivity contribution in [2.24, 2.45) is 11.0 Å². The summed E-state index contributed by atoms with van der Waals surface area (Å²) >= 11 is 0. The number of anilines is 2. The summed E-state index contributed by atoms with van der Waals surface area (Å²) in [7, 11) is 0. The Bertz CT molecular complexity index is 1150. The highest BCUT2D eigenvalue weighted by Gasteiger charge is 2.26. The zero-order valence-corrected chi connectivity index (χ0v) is 15.6. The lowest BCUT2D eigenvalue weighted by molar-refractivity contribution is 0.0976. The van der Waals surface area contributed by atoms with Crippen molar-refractivity contribution in [3.63, 3.8) is 0 Å². The molecule has 1 aromatic heterocycles. The molecule has 0 unspecified atom stereocenters. The van der Waals surface area contributed by atoms with Crippen molar-refractivity contribution in [2.75, 3.05) is 5.01 Å². The van der Waals surface area contributed by atoms with Crippen molar-refractivity contribution in [1.29, 1.82) is 5.41 Å². The Morgan fingerprint density at radius 2 is 2.10 bits per heavy atom. The van der Waals surface area contributed by atoms with Gasteiger partial charge >= 0.3 is 0 Å². The molecule has 0 radical (unpaired) electrons. The van der Waals surface area contributed by atoms with Gasteiger partial charge in [0, 0.05) is 17.7 Å². The minimum absolute atomic E-state index is 0.152. The molecule has 3 N–H and O–H groups in total. The smallest absolute Gasteiger partial charge is 0.286 e. The second kappa shape index (κ2) is 8.22.